The monoisotopic (exact) mass is 758 g/mol. The van der Waals surface area contributed by atoms with Gasteiger partial charge in [0.1, 0.15) is 16.0 Å². The van der Waals surface area contributed by atoms with Crippen LogP contribution in [0.2, 0.25) is 0 Å². The normalized spacial score (nSPS) is 22.5. The van der Waals surface area contributed by atoms with Crippen LogP contribution >= 0.6 is 24.0 Å². The number of allylic oxidation sites excluding steroid dienone is 3. The van der Waals surface area contributed by atoms with Crippen molar-refractivity contribution in [3.63, 3.8) is 0 Å². The van der Waals surface area contributed by atoms with Crippen LogP contribution in [0.3, 0.4) is 0 Å². The van der Waals surface area contributed by atoms with Crippen LogP contribution in [0.15, 0.2) is 200 Å². The largest absolute Gasteiger partial charge is 0.497 e. The molecule has 0 radical (unpaired) electrons. The number of hydrogen-bond acceptors (Lipinski definition) is 3. The molecular formula is C50H39BN2OS2. The van der Waals surface area contributed by atoms with Gasteiger partial charge in [0.25, 0.3) is 0 Å². The fourth-order valence-corrected chi connectivity index (χ4v) is 11.9. The number of anilines is 1. The van der Waals surface area contributed by atoms with Crippen molar-refractivity contribution < 1.29 is 9.22 Å². The minimum atomic E-state index is -2.12. The molecule has 6 aromatic carbocycles. The molecule has 3 heterocycles. The predicted molar refractivity (Wildman–Crippen MR) is 241 cm³/mol. The standard InChI is InChI=1S/C50H39BN2OS2/c1-35-28-30-41(31-29-35)52-49(55)50-33-32-42(54-2)34-43(50)56-48-46(38-22-12-5-13-23-38)44(36-18-8-3-9-19-36)45(37-20-10-4-11-21-37)47(39-24-14-6-15-25-39)51(52,53(48)50)40-26-16-7-17-27-40/h3-34,43H,1-2H3/t43-,50+,51+/m0/s1. The van der Waals surface area contributed by atoms with Gasteiger partial charge < -0.3 is 14.0 Å². The molecule has 4 aliphatic rings. The second-order valence-electron chi connectivity index (χ2n) is 14.8. The summed E-state index contributed by atoms with van der Waals surface area (Å²) in [6.45, 7) is 2.15. The van der Waals surface area contributed by atoms with Gasteiger partial charge in [-0.1, -0.05) is 193 Å². The molecule has 0 amide bonds. The third kappa shape index (κ3) is 4.99. The zero-order valence-corrected chi connectivity index (χ0v) is 32.9. The summed E-state index contributed by atoms with van der Waals surface area (Å²) in [4.78, 5) is 3.42. The highest BCUT2D eigenvalue weighted by molar-refractivity contribution is 8.16. The Balaban J connectivity index is 1.52. The van der Waals surface area contributed by atoms with Gasteiger partial charge in [-0.2, -0.15) is 0 Å². The number of nitrogens with zero attached hydrogens (tertiary/aromatic N) is 2. The molecule has 3 aliphatic heterocycles. The molecule has 10 rings (SSSR count). The number of rotatable bonds is 7. The van der Waals surface area contributed by atoms with Gasteiger partial charge in [0, 0.05) is 11.3 Å². The number of aryl methyl sites for hydroxylation is 1. The van der Waals surface area contributed by atoms with Crippen molar-refractivity contribution in [2.45, 2.75) is 17.7 Å². The minimum absolute atomic E-state index is 0.0728. The number of thioether (sulfide) groups is 1. The first-order valence-corrected chi connectivity index (χ1v) is 20.5. The van der Waals surface area contributed by atoms with Gasteiger partial charge >= 0.3 is 6.42 Å². The Kier molecular flexibility index (Phi) is 8.43. The smallest absolute Gasteiger partial charge is 0.433 e. The second kappa shape index (κ2) is 13.7. The number of ether oxygens (including phenoxy) is 1. The molecule has 1 fully saturated rings. The van der Waals surface area contributed by atoms with Crippen molar-refractivity contribution in [3.05, 3.63) is 228 Å². The van der Waals surface area contributed by atoms with Crippen molar-refractivity contribution in [1.82, 2.24) is 0 Å². The summed E-state index contributed by atoms with van der Waals surface area (Å²) in [7, 11) is 1.76. The quantitative estimate of drug-likeness (QED) is 0.119. The highest BCUT2D eigenvalue weighted by Crippen LogP contribution is 2.60. The second-order valence-corrected chi connectivity index (χ2v) is 16.4. The number of hydrogen-bond donors (Lipinski definition) is 0. The number of methoxy groups -OCH3 is 1. The third-order valence-electron chi connectivity index (χ3n) is 11.9. The van der Waals surface area contributed by atoms with Gasteiger partial charge in [-0.3, -0.25) is 0 Å². The van der Waals surface area contributed by atoms with Crippen LogP contribution in [-0.2, 0) is 4.74 Å². The fourth-order valence-electron chi connectivity index (χ4n) is 9.61. The molecule has 0 N–H and O–H groups in total. The summed E-state index contributed by atoms with van der Waals surface area (Å²) in [6.07, 6.45) is 4.64. The van der Waals surface area contributed by atoms with Crippen LogP contribution in [0.5, 0.6) is 0 Å². The lowest BCUT2D eigenvalue weighted by molar-refractivity contribution is -0.435. The van der Waals surface area contributed by atoms with E-state index in [0.29, 0.717) is 0 Å². The Bertz CT molecular complexity index is 2660. The Morgan fingerprint density at radius 2 is 1.12 bits per heavy atom. The third-order valence-corrected chi connectivity index (χ3v) is 13.8. The predicted octanol–water partition coefficient (Wildman–Crippen LogP) is 10.6. The first-order chi connectivity index (χ1) is 27.6. The molecular weight excluding hydrogens is 720 g/mol. The van der Waals surface area contributed by atoms with Crippen molar-refractivity contribution in [3.8, 4) is 0 Å². The Morgan fingerprint density at radius 3 is 1.68 bits per heavy atom. The number of benzene rings is 6. The molecule has 56 heavy (non-hydrogen) atoms. The lowest BCUT2D eigenvalue weighted by Crippen LogP contribution is -2.68. The Labute approximate surface area is 338 Å². The lowest BCUT2D eigenvalue weighted by atomic mass is 9.33. The zero-order valence-electron chi connectivity index (χ0n) is 31.2. The van der Waals surface area contributed by atoms with E-state index in [9.17, 15) is 0 Å². The summed E-state index contributed by atoms with van der Waals surface area (Å²) in [5.74, 6) is 0.845. The first kappa shape index (κ1) is 34.5. The van der Waals surface area contributed by atoms with Crippen molar-refractivity contribution >= 4 is 73.8 Å². The molecule has 3 nitrogen and oxygen atoms in total. The molecule has 0 saturated carbocycles. The maximum atomic E-state index is 7.05. The molecule has 1 aliphatic carbocycles. The van der Waals surface area contributed by atoms with Gasteiger partial charge in [0.15, 0.2) is 10.6 Å². The molecule has 6 aromatic rings. The van der Waals surface area contributed by atoms with Gasteiger partial charge in [-0.15, -0.1) is 5.46 Å². The van der Waals surface area contributed by atoms with Crippen molar-refractivity contribution in [2.24, 2.45) is 0 Å². The maximum Gasteiger partial charge on any atom is 0.433 e. The Hall–Kier alpha value is -5.95. The van der Waals surface area contributed by atoms with Gasteiger partial charge in [0.2, 0.25) is 0 Å². The molecule has 1 spiro atoms. The van der Waals surface area contributed by atoms with E-state index in [2.05, 4.69) is 210 Å². The molecule has 6 heteroatoms. The van der Waals surface area contributed by atoms with E-state index in [-0.39, 0.29) is 5.25 Å². The van der Waals surface area contributed by atoms with Gasteiger partial charge in [-0.05, 0) is 71.3 Å². The van der Waals surface area contributed by atoms with Crippen LogP contribution in [0.4, 0.5) is 5.69 Å². The van der Waals surface area contributed by atoms with E-state index in [1.165, 1.54) is 38.3 Å². The summed E-state index contributed by atoms with van der Waals surface area (Å²) < 4.78 is 8.74. The average Bonchev–Trinajstić information content (AvgIpc) is 3.67. The summed E-state index contributed by atoms with van der Waals surface area (Å²) in [5.41, 5.74) is 12.1. The molecule has 1 saturated heterocycles. The first-order valence-electron chi connectivity index (χ1n) is 19.2. The maximum absolute atomic E-state index is 7.05. The van der Waals surface area contributed by atoms with E-state index in [0.717, 1.165) is 38.7 Å². The SMILES string of the molecule is COC1=C[C@@H]2SC3=[N+]4[B@-](c5ccccc5)(C(c5ccccc5)=C(c5ccccc5)C(c5ccccc5)=C3c3ccccc3)N(c3ccc(C)cc3)C(=S)[C@@]24C=C1. The van der Waals surface area contributed by atoms with Gasteiger partial charge in [-0.25, -0.2) is 0 Å². The molecule has 0 unspecified atom stereocenters. The van der Waals surface area contributed by atoms with Crippen LogP contribution in [0.25, 0.3) is 22.2 Å². The van der Waals surface area contributed by atoms with E-state index >= 15 is 0 Å². The molecule has 270 valence electrons. The van der Waals surface area contributed by atoms with Crippen molar-refractivity contribution in [2.75, 3.05) is 11.9 Å². The van der Waals surface area contributed by atoms with Crippen LogP contribution in [-0.4, -0.2) is 38.8 Å². The summed E-state index contributed by atoms with van der Waals surface area (Å²) >= 11 is 8.96. The molecule has 3 atom stereocenters. The van der Waals surface area contributed by atoms with E-state index in [1.54, 1.807) is 7.11 Å². The number of thiocarbonyl (C=S) groups is 1. The molecule has 0 bridgehead atoms. The van der Waals surface area contributed by atoms with Crippen LogP contribution < -0.4 is 10.3 Å². The van der Waals surface area contributed by atoms with E-state index < -0.39 is 12.0 Å². The van der Waals surface area contributed by atoms with Crippen LogP contribution in [0.1, 0.15) is 27.8 Å². The average molecular weight is 759 g/mol. The Morgan fingerprint density at radius 1 is 0.625 bits per heavy atom. The minimum Gasteiger partial charge on any atom is -0.497 e. The van der Waals surface area contributed by atoms with E-state index in [1.807, 2.05) is 11.8 Å². The van der Waals surface area contributed by atoms with Crippen molar-refractivity contribution in [1.29, 1.82) is 0 Å². The highest BCUT2D eigenvalue weighted by Gasteiger charge is 2.73. The highest BCUT2D eigenvalue weighted by atomic mass is 32.2. The topological polar surface area (TPSA) is 15.5 Å². The summed E-state index contributed by atoms with van der Waals surface area (Å²) in [5, 5.41) is 1.12. The zero-order chi connectivity index (χ0) is 37.9. The lowest BCUT2D eigenvalue weighted by Gasteiger charge is -2.44. The summed E-state index contributed by atoms with van der Waals surface area (Å²) in [6, 6.07) is 64.1. The van der Waals surface area contributed by atoms with Gasteiger partial charge in [0.05, 0.1) is 12.7 Å². The molecule has 0 aromatic heterocycles. The van der Waals surface area contributed by atoms with E-state index in [4.69, 9.17) is 17.0 Å². The van der Waals surface area contributed by atoms with Crippen LogP contribution in [0, 0.1) is 6.92 Å². The fraction of sp³-hybridized carbons (Fsp3) is 0.0800.